The Bertz CT molecular complexity index is 435. The molecule has 84 valence electrons. The van der Waals surface area contributed by atoms with Crippen molar-refractivity contribution in [3.63, 3.8) is 0 Å². The maximum atomic E-state index is 10.7. The first-order valence-electron chi connectivity index (χ1n) is 5.81. The normalized spacial score (nSPS) is 30.2. The van der Waals surface area contributed by atoms with Crippen LogP contribution in [-0.4, -0.2) is 5.11 Å². The summed E-state index contributed by atoms with van der Waals surface area (Å²) in [5, 5.41) is 19.7. The van der Waals surface area contributed by atoms with Crippen molar-refractivity contribution in [1.29, 1.82) is 5.26 Å². The summed E-state index contributed by atoms with van der Waals surface area (Å²) < 4.78 is 0. The quantitative estimate of drug-likeness (QED) is 0.782. The summed E-state index contributed by atoms with van der Waals surface area (Å²) in [5.41, 5.74) is 1.18. The lowest BCUT2D eigenvalue weighted by Crippen LogP contribution is -2.37. The molecule has 0 bridgehead atoms. The minimum Gasteiger partial charge on any atom is -0.384 e. The van der Waals surface area contributed by atoms with Gasteiger partial charge in [0.25, 0.3) is 0 Å². The molecule has 0 saturated heterocycles. The van der Waals surface area contributed by atoms with Crippen molar-refractivity contribution < 1.29 is 5.11 Å². The van der Waals surface area contributed by atoms with Crippen molar-refractivity contribution in [3.05, 3.63) is 35.4 Å². The van der Waals surface area contributed by atoms with Crippen molar-refractivity contribution in [2.24, 2.45) is 5.92 Å². The summed E-state index contributed by atoms with van der Waals surface area (Å²) in [6, 6.07) is 10.1. The van der Waals surface area contributed by atoms with Gasteiger partial charge in [0.2, 0.25) is 0 Å². The topological polar surface area (TPSA) is 44.0 Å². The third-order valence-electron chi connectivity index (χ3n) is 3.83. The lowest BCUT2D eigenvalue weighted by molar-refractivity contribution is -0.0157. The maximum absolute atomic E-state index is 10.7. The van der Waals surface area contributed by atoms with Gasteiger partial charge >= 0.3 is 0 Å². The standard InChI is InChI=1S/C14H17NO/c1-10-7-8-14(16,11(2)9-15)13-6-4-3-5-12(10)13/h3-6,10-11,16H,7-8H2,1-2H3. The molecule has 0 amide bonds. The summed E-state index contributed by atoms with van der Waals surface area (Å²) in [7, 11) is 0. The lowest BCUT2D eigenvalue weighted by Gasteiger charge is -2.39. The van der Waals surface area contributed by atoms with Gasteiger partial charge in [0, 0.05) is 0 Å². The van der Waals surface area contributed by atoms with Gasteiger partial charge in [-0.05, 0) is 36.8 Å². The molecule has 1 aromatic carbocycles. The third kappa shape index (κ3) is 1.52. The highest BCUT2D eigenvalue weighted by atomic mass is 16.3. The molecule has 2 rings (SSSR count). The minimum atomic E-state index is -0.960. The Kier molecular flexibility index (Phi) is 2.73. The molecule has 1 aliphatic rings. The van der Waals surface area contributed by atoms with E-state index in [0.29, 0.717) is 12.3 Å². The molecule has 2 heteroatoms. The largest absolute Gasteiger partial charge is 0.384 e. The maximum Gasteiger partial charge on any atom is 0.105 e. The Morgan fingerprint density at radius 1 is 1.50 bits per heavy atom. The average molecular weight is 215 g/mol. The van der Waals surface area contributed by atoms with Gasteiger partial charge < -0.3 is 5.11 Å². The van der Waals surface area contributed by atoms with Crippen LogP contribution in [0, 0.1) is 17.2 Å². The van der Waals surface area contributed by atoms with E-state index in [2.05, 4.69) is 19.1 Å². The number of benzene rings is 1. The van der Waals surface area contributed by atoms with Crippen molar-refractivity contribution in [2.45, 2.75) is 38.2 Å². The fraction of sp³-hybridized carbons (Fsp3) is 0.500. The second-order valence-electron chi connectivity index (χ2n) is 4.80. The average Bonchev–Trinajstić information content (AvgIpc) is 2.33. The fourth-order valence-electron chi connectivity index (χ4n) is 2.60. The van der Waals surface area contributed by atoms with Gasteiger partial charge in [0.1, 0.15) is 5.60 Å². The van der Waals surface area contributed by atoms with Crippen LogP contribution in [0.4, 0.5) is 0 Å². The number of rotatable bonds is 1. The van der Waals surface area contributed by atoms with Gasteiger partial charge in [-0.2, -0.15) is 5.26 Å². The van der Waals surface area contributed by atoms with E-state index in [1.807, 2.05) is 18.2 Å². The van der Waals surface area contributed by atoms with E-state index >= 15 is 0 Å². The van der Waals surface area contributed by atoms with Crippen LogP contribution >= 0.6 is 0 Å². The fourth-order valence-corrected chi connectivity index (χ4v) is 2.60. The summed E-state index contributed by atoms with van der Waals surface area (Å²) in [6.07, 6.45) is 1.62. The van der Waals surface area contributed by atoms with Crippen molar-refractivity contribution in [2.75, 3.05) is 0 Å². The zero-order valence-electron chi connectivity index (χ0n) is 9.77. The highest BCUT2D eigenvalue weighted by Gasteiger charge is 2.41. The number of nitrogens with zero attached hydrogens (tertiary/aromatic N) is 1. The number of hydrogen-bond donors (Lipinski definition) is 1. The Morgan fingerprint density at radius 2 is 2.19 bits per heavy atom. The first kappa shape index (κ1) is 11.2. The van der Waals surface area contributed by atoms with Crippen LogP contribution in [0.25, 0.3) is 0 Å². The Morgan fingerprint density at radius 3 is 2.88 bits per heavy atom. The Hall–Kier alpha value is -1.33. The molecule has 0 aromatic heterocycles. The van der Waals surface area contributed by atoms with Crippen LogP contribution < -0.4 is 0 Å². The molecule has 1 aliphatic carbocycles. The summed E-state index contributed by atoms with van der Waals surface area (Å²) in [5.74, 6) is 0.114. The van der Waals surface area contributed by atoms with Gasteiger partial charge in [-0.15, -0.1) is 0 Å². The Balaban J connectivity index is 2.54. The van der Waals surface area contributed by atoms with Crippen LogP contribution in [0.15, 0.2) is 24.3 Å². The summed E-state index contributed by atoms with van der Waals surface area (Å²) in [4.78, 5) is 0. The molecule has 1 aromatic rings. The van der Waals surface area contributed by atoms with E-state index in [1.165, 1.54) is 5.56 Å². The molecule has 0 fully saturated rings. The predicted molar refractivity (Wildman–Crippen MR) is 62.8 cm³/mol. The molecule has 3 unspecified atom stereocenters. The van der Waals surface area contributed by atoms with E-state index < -0.39 is 5.60 Å². The highest BCUT2D eigenvalue weighted by molar-refractivity contribution is 5.38. The number of nitriles is 1. The molecule has 1 N–H and O–H groups in total. The van der Waals surface area contributed by atoms with E-state index in [0.717, 1.165) is 12.0 Å². The number of fused-ring (bicyclic) bond motifs is 1. The van der Waals surface area contributed by atoms with E-state index in [-0.39, 0.29) is 5.92 Å². The van der Waals surface area contributed by atoms with Gasteiger partial charge in [0.15, 0.2) is 0 Å². The molecule has 0 radical (unpaired) electrons. The second-order valence-corrected chi connectivity index (χ2v) is 4.80. The summed E-state index contributed by atoms with van der Waals surface area (Å²) >= 11 is 0. The zero-order chi connectivity index (χ0) is 11.8. The van der Waals surface area contributed by atoms with Crippen LogP contribution in [0.5, 0.6) is 0 Å². The molecule has 3 atom stereocenters. The van der Waals surface area contributed by atoms with Crippen molar-refractivity contribution in [1.82, 2.24) is 0 Å². The molecule has 0 aliphatic heterocycles. The third-order valence-corrected chi connectivity index (χ3v) is 3.83. The predicted octanol–water partition coefficient (Wildman–Crippen LogP) is 2.93. The van der Waals surface area contributed by atoms with Crippen LogP contribution in [0.3, 0.4) is 0 Å². The smallest absolute Gasteiger partial charge is 0.105 e. The van der Waals surface area contributed by atoms with Crippen LogP contribution in [0.2, 0.25) is 0 Å². The van der Waals surface area contributed by atoms with E-state index in [4.69, 9.17) is 5.26 Å². The van der Waals surface area contributed by atoms with Crippen molar-refractivity contribution in [3.8, 4) is 6.07 Å². The van der Waals surface area contributed by atoms with Crippen LogP contribution in [0.1, 0.15) is 43.7 Å². The minimum absolute atomic E-state index is 0.360. The monoisotopic (exact) mass is 215 g/mol. The molecule has 2 nitrogen and oxygen atoms in total. The first-order chi connectivity index (χ1) is 7.59. The second kappa shape index (κ2) is 3.92. The molecule has 16 heavy (non-hydrogen) atoms. The lowest BCUT2D eigenvalue weighted by atomic mass is 9.69. The van der Waals surface area contributed by atoms with Crippen molar-refractivity contribution >= 4 is 0 Å². The van der Waals surface area contributed by atoms with Gasteiger partial charge in [-0.3, -0.25) is 0 Å². The number of hydrogen-bond acceptors (Lipinski definition) is 2. The highest BCUT2D eigenvalue weighted by Crippen LogP contribution is 2.44. The summed E-state index contributed by atoms with van der Waals surface area (Å²) in [6.45, 7) is 3.97. The molecule has 0 saturated carbocycles. The van der Waals surface area contributed by atoms with Gasteiger partial charge in [0.05, 0.1) is 12.0 Å². The van der Waals surface area contributed by atoms with E-state index in [9.17, 15) is 5.11 Å². The first-order valence-corrected chi connectivity index (χ1v) is 5.81. The molecular formula is C14H17NO. The Labute approximate surface area is 96.5 Å². The zero-order valence-corrected chi connectivity index (χ0v) is 9.77. The van der Waals surface area contributed by atoms with Crippen LogP contribution in [-0.2, 0) is 5.60 Å². The van der Waals surface area contributed by atoms with E-state index in [1.54, 1.807) is 6.92 Å². The number of aliphatic hydroxyl groups is 1. The SMILES string of the molecule is CC1CCC(O)(C(C)C#N)c2ccccc21. The van der Waals surface area contributed by atoms with Gasteiger partial charge in [-0.25, -0.2) is 0 Å². The molecular weight excluding hydrogens is 198 g/mol. The molecule has 0 heterocycles. The van der Waals surface area contributed by atoms with Gasteiger partial charge in [-0.1, -0.05) is 31.2 Å². The molecule has 0 spiro atoms.